The molecule has 4 heteroatoms. The Bertz CT molecular complexity index is 518. The number of carbonyl (C=O) groups is 1. The summed E-state index contributed by atoms with van der Waals surface area (Å²) in [6.07, 6.45) is 2.72. The van der Waals surface area contributed by atoms with Gasteiger partial charge >= 0.3 is 0 Å². The number of fused-ring (bicyclic) bond motifs is 1. The number of hydrogen-bond donors (Lipinski definition) is 0. The molecule has 104 valence electrons. The fourth-order valence-corrected chi connectivity index (χ4v) is 3.04. The van der Waals surface area contributed by atoms with Gasteiger partial charge in [0.25, 0.3) is 0 Å². The smallest absolute Gasteiger partial charge is 0.204 e. The maximum atomic E-state index is 11.5. The molecule has 0 saturated carbocycles. The highest BCUT2D eigenvalue weighted by molar-refractivity contribution is 5.87. The molecule has 0 saturated heterocycles. The molecule has 1 aromatic rings. The molecule has 0 amide bonds. The molecular weight excluding hydrogens is 244 g/mol. The average Bonchev–Trinajstić information content (AvgIpc) is 2.72. The molecule has 0 heterocycles. The van der Waals surface area contributed by atoms with Crippen LogP contribution in [0.1, 0.15) is 41.8 Å². The second kappa shape index (κ2) is 4.76. The lowest BCUT2D eigenvalue weighted by Crippen LogP contribution is -2.16. The van der Waals surface area contributed by atoms with E-state index in [1.54, 1.807) is 21.3 Å². The molecule has 1 aliphatic rings. The Labute approximate surface area is 113 Å². The van der Waals surface area contributed by atoms with Gasteiger partial charge in [-0.2, -0.15) is 0 Å². The summed E-state index contributed by atoms with van der Waals surface area (Å²) in [6.45, 7) is 4.27. The monoisotopic (exact) mass is 264 g/mol. The van der Waals surface area contributed by atoms with Crippen LogP contribution in [0, 0.1) is 0 Å². The molecule has 2 rings (SSSR count). The molecule has 0 aliphatic heterocycles. The molecule has 1 aromatic carbocycles. The number of rotatable bonds is 4. The third-order valence-corrected chi connectivity index (χ3v) is 3.91. The van der Waals surface area contributed by atoms with E-state index < -0.39 is 0 Å². The van der Waals surface area contributed by atoms with Gasteiger partial charge in [0.05, 0.1) is 26.9 Å². The summed E-state index contributed by atoms with van der Waals surface area (Å²) in [7, 11) is 4.71. The van der Waals surface area contributed by atoms with Gasteiger partial charge in [-0.25, -0.2) is 0 Å². The minimum Gasteiger partial charge on any atom is -0.492 e. The molecule has 0 fully saturated rings. The van der Waals surface area contributed by atoms with Gasteiger partial charge in [0, 0.05) is 5.56 Å². The van der Waals surface area contributed by atoms with Crippen molar-refractivity contribution in [2.75, 3.05) is 21.3 Å². The van der Waals surface area contributed by atoms with E-state index in [0.29, 0.717) is 22.8 Å². The first-order chi connectivity index (χ1) is 9.01. The van der Waals surface area contributed by atoms with Crippen molar-refractivity contribution in [3.63, 3.8) is 0 Å². The van der Waals surface area contributed by atoms with E-state index >= 15 is 0 Å². The van der Waals surface area contributed by atoms with Crippen LogP contribution in [-0.2, 0) is 11.8 Å². The summed E-state index contributed by atoms with van der Waals surface area (Å²) in [5, 5.41) is 0. The Morgan fingerprint density at radius 3 is 2.05 bits per heavy atom. The van der Waals surface area contributed by atoms with Crippen LogP contribution in [0.25, 0.3) is 0 Å². The summed E-state index contributed by atoms with van der Waals surface area (Å²) in [5.41, 5.74) is 2.61. The average molecular weight is 264 g/mol. The van der Waals surface area contributed by atoms with Crippen LogP contribution in [0.3, 0.4) is 0 Å². The minimum absolute atomic E-state index is 0.0571. The number of hydrogen-bond acceptors (Lipinski definition) is 4. The molecule has 0 bridgehead atoms. The first-order valence-corrected chi connectivity index (χ1v) is 6.32. The fraction of sp³-hybridized carbons (Fsp3) is 0.533. The zero-order valence-corrected chi connectivity index (χ0v) is 12.1. The van der Waals surface area contributed by atoms with Gasteiger partial charge in [0.2, 0.25) is 5.75 Å². The summed E-state index contributed by atoms with van der Waals surface area (Å²) in [4.78, 5) is 11.5. The molecule has 0 N–H and O–H groups in total. The van der Waals surface area contributed by atoms with Gasteiger partial charge < -0.3 is 14.2 Å². The maximum Gasteiger partial charge on any atom is 0.204 e. The number of benzene rings is 1. The van der Waals surface area contributed by atoms with Crippen molar-refractivity contribution in [3.8, 4) is 17.2 Å². The molecular formula is C15H20O4. The van der Waals surface area contributed by atoms with E-state index in [2.05, 4.69) is 13.8 Å². The molecule has 4 nitrogen and oxygen atoms in total. The van der Waals surface area contributed by atoms with E-state index in [1.165, 1.54) is 0 Å². The third kappa shape index (κ3) is 1.86. The van der Waals surface area contributed by atoms with Crippen molar-refractivity contribution < 1.29 is 19.0 Å². The van der Waals surface area contributed by atoms with Crippen LogP contribution in [0.5, 0.6) is 17.2 Å². The summed E-state index contributed by atoms with van der Waals surface area (Å²) < 4.78 is 16.3. The molecule has 1 aliphatic carbocycles. The van der Waals surface area contributed by atoms with Crippen LogP contribution in [0.2, 0.25) is 0 Å². The number of carbonyl (C=O) groups excluding carboxylic acids is 1. The van der Waals surface area contributed by atoms with Crippen molar-refractivity contribution in [2.24, 2.45) is 0 Å². The topological polar surface area (TPSA) is 44.8 Å². The lowest BCUT2D eigenvalue weighted by molar-refractivity contribution is 0.111. The van der Waals surface area contributed by atoms with Crippen LogP contribution < -0.4 is 14.2 Å². The van der Waals surface area contributed by atoms with Crippen molar-refractivity contribution in [1.29, 1.82) is 0 Å². The highest BCUT2D eigenvalue weighted by Crippen LogP contribution is 2.52. The number of ether oxygens (including phenoxy) is 3. The Kier molecular flexibility index (Phi) is 3.43. The molecule has 0 spiro atoms. The predicted octanol–water partition coefficient (Wildman–Crippen LogP) is 2.75. The van der Waals surface area contributed by atoms with Crippen LogP contribution in [-0.4, -0.2) is 27.6 Å². The van der Waals surface area contributed by atoms with E-state index in [1.807, 2.05) is 0 Å². The quantitative estimate of drug-likeness (QED) is 0.784. The van der Waals surface area contributed by atoms with Gasteiger partial charge in [0.1, 0.15) is 0 Å². The van der Waals surface area contributed by atoms with Crippen molar-refractivity contribution in [2.45, 2.75) is 32.1 Å². The molecule has 0 unspecified atom stereocenters. The predicted molar refractivity (Wildman–Crippen MR) is 72.8 cm³/mol. The van der Waals surface area contributed by atoms with E-state index in [4.69, 9.17) is 14.2 Å². The lowest BCUT2D eigenvalue weighted by Gasteiger charge is -2.24. The van der Waals surface area contributed by atoms with Crippen LogP contribution in [0.15, 0.2) is 0 Å². The van der Waals surface area contributed by atoms with Gasteiger partial charge in [-0.15, -0.1) is 0 Å². The molecule has 0 aromatic heterocycles. The number of aldehydes is 1. The van der Waals surface area contributed by atoms with E-state index in [9.17, 15) is 4.79 Å². The van der Waals surface area contributed by atoms with Gasteiger partial charge in [-0.05, 0) is 23.8 Å². The van der Waals surface area contributed by atoms with E-state index in [0.717, 1.165) is 30.3 Å². The normalized spacial score (nSPS) is 15.8. The second-order valence-corrected chi connectivity index (χ2v) is 5.37. The van der Waals surface area contributed by atoms with Gasteiger partial charge in [-0.3, -0.25) is 4.79 Å². The van der Waals surface area contributed by atoms with Crippen molar-refractivity contribution in [3.05, 3.63) is 16.7 Å². The van der Waals surface area contributed by atoms with E-state index in [-0.39, 0.29) is 5.41 Å². The fourth-order valence-electron chi connectivity index (χ4n) is 3.04. The third-order valence-electron chi connectivity index (χ3n) is 3.91. The number of methoxy groups -OCH3 is 3. The zero-order valence-electron chi connectivity index (χ0n) is 12.1. The highest BCUT2D eigenvalue weighted by atomic mass is 16.5. The standard InChI is InChI=1S/C15H20O4/c1-15(2)7-6-9-11(15)10(8-16)13(18-4)14(19-5)12(9)17-3/h8H,6-7H2,1-5H3. The summed E-state index contributed by atoms with van der Waals surface area (Å²) >= 11 is 0. The first kappa shape index (κ1) is 13.7. The maximum absolute atomic E-state index is 11.5. The lowest BCUT2D eigenvalue weighted by atomic mass is 9.83. The zero-order chi connectivity index (χ0) is 14.2. The largest absolute Gasteiger partial charge is 0.492 e. The van der Waals surface area contributed by atoms with Gasteiger partial charge in [-0.1, -0.05) is 13.8 Å². The first-order valence-electron chi connectivity index (χ1n) is 6.32. The van der Waals surface area contributed by atoms with Crippen LogP contribution >= 0.6 is 0 Å². The minimum atomic E-state index is -0.0571. The summed E-state index contributed by atoms with van der Waals surface area (Å²) in [6, 6.07) is 0. The molecule has 19 heavy (non-hydrogen) atoms. The molecule has 0 atom stereocenters. The Morgan fingerprint density at radius 1 is 1.00 bits per heavy atom. The summed E-state index contributed by atoms with van der Waals surface area (Å²) in [5.74, 6) is 1.65. The molecule has 0 radical (unpaired) electrons. The van der Waals surface area contributed by atoms with Crippen molar-refractivity contribution in [1.82, 2.24) is 0 Å². The Morgan fingerprint density at radius 2 is 1.58 bits per heavy atom. The van der Waals surface area contributed by atoms with Crippen molar-refractivity contribution >= 4 is 6.29 Å². The van der Waals surface area contributed by atoms with Gasteiger partial charge in [0.15, 0.2) is 17.8 Å². The van der Waals surface area contributed by atoms with Crippen LogP contribution in [0.4, 0.5) is 0 Å². The Balaban J connectivity index is 2.88. The SMILES string of the molecule is COc1c(C=O)c2c(c(OC)c1OC)CCC2(C)C. The highest BCUT2D eigenvalue weighted by Gasteiger charge is 2.38. The Hall–Kier alpha value is -1.71. The second-order valence-electron chi connectivity index (χ2n) is 5.37.